The van der Waals surface area contributed by atoms with Crippen LogP contribution in [0.3, 0.4) is 0 Å². The molecule has 0 amide bonds. The fraction of sp³-hybridized carbons (Fsp3) is 0.0909. The maximum atomic E-state index is 9.96. The molecule has 0 bridgehead atoms. The molecule has 0 saturated heterocycles. The molecule has 2 N–H and O–H groups in total. The van der Waals surface area contributed by atoms with Crippen molar-refractivity contribution in [3.63, 3.8) is 0 Å². The van der Waals surface area contributed by atoms with E-state index in [0.29, 0.717) is 22.6 Å². The molecule has 0 atom stereocenters. The number of rotatable bonds is 6. The van der Waals surface area contributed by atoms with Crippen LogP contribution in [0, 0.1) is 0 Å². The van der Waals surface area contributed by atoms with E-state index in [4.69, 9.17) is 9.47 Å². The van der Waals surface area contributed by atoms with Gasteiger partial charge in [0.2, 0.25) is 0 Å². The van der Waals surface area contributed by atoms with Crippen LogP contribution in [0.4, 0.5) is 11.4 Å². The van der Waals surface area contributed by atoms with Gasteiger partial charge in [-0.05, 0) is 48.5 Å². The first-order chi connectivity index (χ1) is 13.6. The highest BCUT2D eigenvalue weighted by atomic mass is 16.5. The third-order valence-corrected chi connectivity index (χ3v) is 4.03. The number of nitrogens with zero attached hydrogens (tertiary/aromatic N) is 2. The monoisotopic (exact) mass is 376 g/mol. The molecule has 0 aliphatic rings. The second-order valence-corrected chi connectivity index (χ2v) is 5.88. The lowest BCUT2D eigenvalue weighted by Crippen LogP contribution is -1.86. The van der Waals surface area contributed by atoms with Crippen LogP contribution in [0.25, 0.3) is 0 Å². The molecule has 0 radical (unpaired) electrons. The zero-order chi connectivity index (χ0) is 19.9. The molecule has 6 nitrogen and oxygen atoms in total. The predicted molar refractivity (Wildman–Crippen MR) is 110 cm³/mol. The van der Waals surface area contributed by atoms with Crippen molar-refractivity contribution < 1.29 is 19.7 Å². The van der Waals surface area contributed by atoms with Gasteiger partial charge in [0.15, 0.2) is 0 Å². The Morgan fingerprint density at radius 1 is 0.643 bits per heavy atom. The van der Waals surface area contributed by atoms with Crippen LogP contribution < -0.4 is 9.47 Å². The van der Waals surface area contributed by atoms with Crippen molar-refractivity contribution in [1.29, 1.82) is 0 Å². The summed E-state index contributed by atoms with van der Waals surface area (Å²) in [4.78, 5) is 8.71. The zero-order valence-corrected chi connectivity index (χ0v) is 15.5. The fourth-order valence-electron chi connectivity index (χ4n) is 2.43. The van der Waals surface area contributed by atoms with Gasteiger partial charge in [-0.1, -0.05) is 0 Å². The lowest BCUT2D eigenvalue weighted by Gasteiger charge is -2.03. The van der Waals surface area contributed by atoms with E-state index in [1.54, 1.807) is 50.9 Å². The average molecular weight is 376 g/mol. The Labute approximate surface area is 163 Å². The van der Waals surface area contributed by atoms with Crippen LogP contribution >= 0.6 is 0 Å². The molecule has 0 aliphatic heterocycles. The number of hydrogen-bond acceptors (Lipinski definition) is 6. The average Bonchev–Trinajstić information content (AvgIpc) is 2.72. The number of phenolic OH excluding ortho intramolecular Hbond substituents is 2. The van der Waals surface area contributed by atoms with Gasteiger partial charge in [-0.2, -0.15) is 0 Å². The molecule has 3 rings (SSSR count). The number of aromatic hydroxyl groups is 2. The van der Waals surface area contributed by atoms with Crippen molar-refractivity contribution in [3.8, 4) is 23.0 Å². The molecular formula is C22H20N2O4. The number of aliphatic imine (C=N–C) groups is 2. The van der Waals surface area contributed by atoms with Gasteiger partial charge in [0.25, 0.3) is 0 Å². The first-order valence-electron chi connectivity index (χ1n) is 8.51. The summed E-state index contributed by atoms with van der Waals surface area (Å²) in [6.45, 7) is 0. The Balaban J connectivity index is 1.70. The van der Waals surface area contributed by atoms with Crippen LogP contribution in [-0.4, -0.2) is 36.9 Å². The van der Waals surface area contributed by atoms with Crippen LogP contribution in [0.1, 0.15) is 11.1 Å². The molecule has 0 aliphatic carbocycles. The molecular weight excluding hydrogens is 356 g/mol. The maximum absolute atomic E-state index is 9.96. The molecule has 3 aromatic carbocycles. The highest BCUT2D eigenvalue weighted by Gasteiger charge is 2.02. The Morgan fingerprint density at radius 2 is 1.04 bits per heavy atom. The molecule has 6 heteroatoms. The van der Waals surface area contributed by atoms with Gasteiger partial charge < -0.3 is 19.7 Å². The van der Waals surface area contributed by atoms with E-state index < -0.39 is 0 Å². The van der Waals surface area contributed by atoms with Crippen molar-refractivity contribution in [3.05, 3.63) is 71.8 Å². The van der Waals surface area contributed by atoms with Crippen molar-refractivity contribution in [2.75, 3.05) is 14.2 Å². The highest BCUT2D eigenvalue weighted by Crippen LogP contribution is 2.25. The van der Waals surface area contributed by atoms with Gasteiger partial charge in [-0.15, -0.1) is 0 Å². The topological polar surface area (TPSA) is 83.6 Å². The van der Waals surface area contributed by atoms with Crippen molar-refractivity contribution in [2.45, 2.75) is 0 Å². The highest BCUT2D eigenvalue weighted by molar-refractivity contribution is 5.86. The summed E-state index contributed by atoms with van der Waals surface area (Å²) in [5.74, 6) is 1.37. The summed E-state index contributed by atoms with van der Waals surface area (Å²) in [5.41, 5.74) is 2.64. The Morgan fingerprint density at radius 3 is 1.36 bits per heavy atom. The minimum absolute atomic E-state index is 0.101. The van der Waals surface area contributed by atoms with Crippen LogP contribution in [0.5, 0.6) is 23.0 Å². The lowest BCUT2D eigenvalue weighted by molar-refractivity contribution is 0.407. The fourth-order valence-corrected chi connectivity index (χ4v) is 2.43. The first-order valence-corrected chi connectivity index (χ1v) is 8.51. The van der Waals surface area contributed by atoms with E-state index in [0.717, 1.165) is 11.4 Å². The Bertz CT molecular complexity index is 929. The van der Waals surface area contributed by atoms with Gasteiger partial charge in [-0.3, -0.25) is 9.98 Å². The Kier molecular flexibility index (Phi) is 5.91. The molecule has 0 heterocycles. The van der Waals surface area contributed by atoms with E-state index in [2.05, 4.69) is 9.98 Å². The molecule has 28 heavy (non-hydrogen) atoms. The summed E-state index contributed by atoms with van der Waals surface area (Å²) in [6, 6.07) is 17.3. The minimum atomic E-state index is 0.101. The third kappa shape index (κ3) is 4.67. The normalized spacial score (nSPS) is 11.2. The Hall–Kier alpha value is -3.80. The summed E-state index contributed by atoms with van der Waals surface area (Å²) in [6.07, 6.45) is 3.17. The number of phenols is 2. The predicted octanol–water partition coefficient (Wildman–Crippen LogP) is 4.62. The first kappa shape index (κ1) is 19.0. The number of hydrogen-bond donors (Lipinski definition) is 2. The van der Waals surface area contributed by atoms with Crippen molar-refractivity contribution in [1.82, 2.24) is 0 Å². The molecule has 0 fully saturated rings. The van der Waals surface area contributed by atoms with E-state index >= 15 is 0 Å². The molecule has 3 aromatic rings. The van der Waals surface area contributed by atoms with Gasteiger partial charge in [0, 0.05) is 35.7 Å². The summed E-state index contributed by atoms with van der Waals surface area (Å²) >= 11 is 0. The second kappa shape index (κ2) is 8.73. The standard InChI is InChI=1S/C22H20N2O4/c1-27-19-9-3-15(21(25)11-19)13-23-17-5-7-18(8-6-17)24-14-16-4-10-20(28-2)12-22(16)26/h3-14,25-26H,1-2H3. The van der Waals surface area contributed by atoms with Crippen LogP contribution in [-0.2, 0) is 0 Å². The van der Waals surface area contributed by atoms with Gasteiger partial charge in [0.05, 0.1) is 25.6 Å². The third-order valence-electron chi connectivity index (χ3n) is 4.03. The summed E-state index contributed by atoms with van der Waals surface area (Å²) in [7, 11) is 3.09. The largest absolute Gasteiger partial charge is 0.507 e. The molecule has 0 aromatic heterocycles. The van der Waals surface area contributed by atoms with Gasteiger partial charge in [-0.25, -0.2) is 0 Å². The number of methoxy groups -OCH3 is 2. The van der Waals surface area contributed by atoms with Crippen LogP contribution in [0.2, 0.25) is 0 Å². The van der Waals surface area contributed by atoms with Crippen molar-refractivity contribution >= 4 is 23.8 Å². The minimum Gasteiger partial charge on any atom is -0.507 e. The van der Waals surface area contributed by atoms with E-state index in [-0.39, 0.29) is 11.5 Å². The SMILES string of the molecule is COc1ccc(C=Nc2ccc(N=Cc3ccc(OC)cc3O)cc2)c(O)c1. The number of benzene rings is 3. The van der Waals surface area contributed by atoms with Gasteiger partial charge >= 0.3 is 0 Å². The molecule has 0 unspecified atom stereocenters. The lowest BCUT2D eigenvalue weighted by atomic mass is 10.2. The maximum Gasteiger partial charge on any atom is 0.128 e. The van der Waals surface area contributed by atoms with Crippen LogP contribution in [0.15, 0.2) is 70.6 Å². The number of ether oxygens (including phenoxy) is 2. The van der Waals surface area contributed by atoms with E-state index in [1.807, 2.05) is 24.3 Å². The smallest absolute Gasteiger partial charge is 0.128 e. The molecule has 0 spiro atoms. The molecule has 0 saturated carbocycles. The second-order valence-electron chi connectivity index (χ2n) is 5.88. The zero-order valence-electron chi connectivity index (χ0n) is 15.5. The summed E-state index contributed by atoms with van der Waals surface area (Å²) in [5, 5.41) is 19.9. The quantitative estimate of drug-likeness (QED) is 0.615. The molecule has 142 valence electrons. The van der Waals surface area contributed by atoms with E-state index in [1.165, 1.54) is 12.1 Å². The van der Waals surface area contributed by atoms with E-state index in [9.17, 15) is 10.2 Å². The van der Waals surface area contributed by atoms with Crippen molar-refractivity contribution in [2.24, 2.45) is 9.98 Å². The summed E-state index contributed by atoms with van der Waals surface area (Å²) < 4.78 is 10.1. The van der Waals surface area contributed by atoms with Gasteiger partial charge in [0.1, 0.15) is 23.0 Å².